The summed E-state index contributed by atoms with van der Waals surface area (Å²) in [5.41, 5.74) is 0.611. The van der Waals surface area contributed by atoms with Gasteiger partial charge in [-0.05, 0) is 43.9 Å². The molecular weight excluding hydrogens is 226 g/mol. The summed E-state index contributed by atoms with van der Waals surface area (Å²) in [5, 5.41) is 0. The van der Waals surface area contributed by atoms with Gasteiger partial charge in [0.1, 0.15) is 0 Å². The van der Waals surface area contributed by atoms with Crippen LogP contribution >= 0.6 is 0 Å². The number of rotatable bonds is 1. The quantitative estimate of drug-likeness (QED) is 0.717. The second-order valence-corrected chi connectivity index (χ2v) is 6.45. The summed E-state index contributed by atoms with van der Waals surface area (Å²) in [5.74, 6) is 0.513. The zero-order valence-corrected chi connectivity index (χ0v) is 11.3. The summed E-state index contributed by atoms with van der Waals surface area (Å²) in [7, 11) is 0. The van der Waals surface area contributed by atoms with Crippen LogP contribution in [-0.4, -0.2) is 37.1 Å². The number of nitrogens with zero attached hydrogens (tertiary/aromatic N) is 1. The van der Waals surface area contributed by atoms with Gasteiger partial charge in [0.05, 0.1) is 12.5 Å². The Kier molecular flexibility index (Phi) is 3.60. The lowest BCUT2D eigenvalue weighted by Gasteiger charge is -2.40. The van der Waals surface area contributed by atoms with E-state index in [-0.39, 0.29) is 5.92 Å². The number of hydrogen-bond donors (Lipinski definition) is 0. The fraction of sp³-hybridized carbons (Fsp3) is 0.933. The fourth-order valence-electron chi connectivity index (χ4n) is 4.02. The van der Waals surface area contributed by atoms with Crippen LogP contribution in [0.5, 0.6) is 0 Å². The minimum absolute atomic E-state index is 0.149. The molecule has 3 aliphatic rings. The molecule has 0 aromatic carbocycles. The van der Waals surface area contributed by atoms with Crippen molar-refractivity contribution in [2.75, 3.05) is 26.3 Å². The van der Waals surface area contributed by atoms with E-state index in [4.69, 9.17) is 4.74 Å². The molecule has 2 saturated heterocycles. The lowest BCUT2D eigenvalue weighted by molar-refractivity contribution is -0.142. The number of carbonyl (C=O) groups excluding carboxylic acids is 1. The van der Waals surface area contributed by atoms with Gasteiger partial charge in [-0.2, -0.15) is 0 Å². The Morgan fingerprint density at radius 2 is 1.78 bits per heavy atom. The average Bonchev–Trinajstić information content (AvgIpc) is 2.88. The molecule has 3 heteroatoms. The van der Waals surface area contributed by atoms with Gasteiger partial charge < -0.3 is 9.64 Å². The molecule has 2 aliphatic heterocycles. The van der Waals surface area contributed by atoms with E-state index in [1.807, 2.05) is 0 Å². The molecular formula is C15H25NO2. The molecule has 3 fully saturated rings. The van der Waals surface area contributed by atoms with Crippen LogP contribution in [0.25, 0.3) is 0 Å². The van der Waals surface area contributed by atoms with Gasteiger partial charge in [-0.25, -0.2) is 0 Å². The summed E-state index contributed by atoms with van der Waals surface area (Å²) < 4.78 is 5.44. The summed E-state index contributed by atoms with van der Waals surface area (Å²) in [6.07, 6.45) is 10.2. The molecule has 3 rings (SSSR count). The highest BCUT2D eigenvalue weighted by atomic mass is 16.5. The van der Waals surface area contributed by atoms with E-state index in [0.29, 0.717) is 17.9 Å². The highest BCUT2D eigenvalue weighted by Gasteiger charge is 2.39. The predicted octanol–water partition coefficient (Wildman–Crippen LogP) is 2.60. The molecule has 1 aliphatic carbocycles. The molecule has 1 saturated carbocycles. The highest BCUT2D eigenvalue weighted by molar-refractivity contribution is 5.79. The van der Waals surface area contributed by atoms with Gasteiger partial charge >= 0.3 is 0 Å². The Bertz CT molecular complexity index is 294. The minimum atomic E-state index is 0.149. The monoisotopic (exact) mass is 251 g/mol. The number of ether oxygens (including phenoxy) is 1. The molecule has 102 valence electrons. The summed E-state index contributed by atoms with van der Waals surface area (Å²) in [6.45, 7) is 3.48. The van der Waals surface area contributed by atoms with Gasteiger partial charge in [-0.15, -0.1) is 0 Å². The second kappa shape index (κ2) is 5.20. The number of piperidine rings is 1. The zero-order valence-electron chi connectivity index (χ0n) is 11.3. The normalized spacial score (nSPS) is 31.8. The maximum atomic E-state index is 12.4. The van der Waals surface area contributed by atoms with Gasteiger partial charge in [0.2, 0.25) is 5.91 Å². The lowest BCUT2D eigenvalue weighted by atomic mass is 9.77. The first-order chi connectivity index (χ1) is 8.79. The van der Waals surface area contributed by atoms with Gasteiger partial charge in [0, 0.05) is 19.7 Å². The van der Waals surface area contributed by atoms with Crippen molar-refractivity contribution in [1.29, 1.82) is 0 Å². The third-order valence-corrected chi connectivity index (χ3v) is 5.31. The van der Waals surface area contributed by atoms with Crippen molar-refractivity contribution >= 4 is 5.91 Å². The average molecular weight is 251 g/mol. The van der Waals surface area contributed by atoms with Crippen LogP contribution in [0.2, 0.25) is 0 Å². The number of likely N-dealkylation sites (tertiary alicyclic amines) is 1. The van der Waals surface area contributed by atoms with Crippen LogP contribution in [-0.2, 0) is 9.53 Å². The molecule has 0 aromatic heterocycles. The standard InChI is InChI=1S/C15H25NO2/c17-14(13-4-3-11-18-12-13)16-9-7-15(8-10-16)5-1-2-6-15/h13H,1-12H2. The number of amides is 1. The molecule has 18 heavy (non-hydrogen) atoms. The molecule has 0 radical (unpaired) electrons. The van der Waals surface area contributed by atoms with E-state index in [1.54, 1.807) is 0 Å². The number of carbonyl (C=O) groups is 1. The van der Waals surface area contributed by atoms with Crippen LogP contribution in [0.1, 0.15) is 51.4 Å². The predicted molar refractivity (Wildman–Crippen MR) is 70.3 cm³/mol. The van der Waals surface area contributed by atoms with Crippen LogP contribution in [0, 0.1) is 11.3 Å². The van der Waals surface area contributed by atoms with E-state index in [1.165, 1.54) is 38.5 Å². The fourth-order valence-corrected chi connectivity index (χ4v) is 4.02. The topological polar surface area (TPSA) is 29.5 Å². The Balaban J connectivity index is 1.53. The van der Waals surface area contributed by atoms with Gasteiger partial charge in [0.15, 0.2) is 0 Å². The van der Waals surface area contributed by atoms with Crippen molar-refractivity contribution in [3.8, 4) is 0 Å². The Labute approximate surface area is 110 Å². The molecule has 3 nitrogen and oxygen atoms in total. The van der Waals surface area contributed by atoms with Gasteiger partial charge in [-0.3, -0.25) is 4.79 Å². The van der Waals surface area contributed by atoms with E-state index < -0.39 is 0 Å². The molecule has 0 aromatic rings. The smallest absolute Gasteiger partial charge is 0.228 e. The lowest BCUT2D eigenvalue weighted by Crippen LogP contribution is -2.46. The Morgan fingerprint density at radius 1 is 1.06 bits per heavy atom. The Hall–Kier alpha value is -0.570. The van der Waals surface area contributed by atoms with Crippen molar-refractivity contribution < 1.29 is 9.53 Å². The van der Waals surface area contributed by atoms with Gasteiger partial charge in [0.25, 0.3) is 0 Å². The largest absolute Gasteiger partial charge is 0.381 e. The van der Waals surface area contributed by atoms with Crippen molar-refractivity contribution in [2.24, 2.45) is 11.3 Å². The Morgan fingerprint density at radius 3 is 2.39 bits per heavy atom. The zero-order chi connectivity index (χ0) is 12.4. The van der Waals surface area contributed by atoms with Crippen LogP contribution in [0.3, 0.4) is 0 Å². The van der Waals surface area contributed by atoms with E-state index in [2.05, 4.69) is 4.90 Å². The van der Waals surface area contributed by atoms with Gasteiger partial charge in [-0.1, -0.05) is 12.8 Å². The first-order valence-electron chi connectivity index (χ1n) is 7.66. The SMILES string of the molecule is O=C(C1CCCOC1)N1CCC2(CCCC2)CC1. The molecule has 1 unspecified atom stereocenters. The maximum Gasteiger partial charge on any atom is 0.228 e. The molecule has 1 amide bonds. The molecule has 1 atom stereocenters. The summed E-state index contributed by atoms with van der Waals surface area (Å²) in [6, 6.07) is 0. The van der Waals surface area contributed by atoms with Crippen molar-refractivity contribution in [2.45, 2.75) is 51.4 Å². The summed E-state index contributed by atoms with van der Waals surface area (Å²) >= 11 is 0. The maximum absolute atomic E-state index is 12.4. The minimum Gasteiger partial charge on any atom is -0.381 e. The van der Waals surface area contributed by atoms with Crippen molar-refractivity contribution in [1.82, 2.24) is 4.90 Å². The first kappa shape index (κ1) is 12.5. The second-order valence-electron chi connectivity index (χ2n) is 6.45. The van der Waals surface area contributed by atoms with E-state index in [9.17, 15) is 4.79 Å². The molecule has 1 spiro atoms. The third-order valence-electron chi connectivity index (χ3n) is 5.31. The van der Waals surface area contributed by atoms with E-state index in [0.717, 1.165) is 32.5 Å². The van der Waals surface area contributed by atoms with E-state index >= 15 is 0 Å². The van der Waals surface area contributed by atoms with Crippen LogP contribution in [0.4, 0.5) is 0 Å². The van der Waals surface area contributed by atoms with Crippen molar-refractivity contribution in [3.05, 3.63) is 0 Å². The van der Waals surface area contributed by atoms with Crippen molar-refractivity contribution in [3.63, 3.8) is 0 Å². The first-order valence-corrected chi connectivity index (χ1v) is 7.66. The number of hydrogen-bond acceptors (Lipinski definition) is 2. The molecule has 2 heterocycles. The third kappa shape index (κ3) is 2.42. The van der Waals surface area contributed by atoms with Crippen LogP contribution < -0.4 is 0 Å². The molecule has 0 N–H and O–H groups in total. The highest BCUT2D eigenvalue weighted by Crippen LogP contribution is 2.46. The van der Waals surface area contributed by atoms with Crippen LogP contribution in [0.15, 0.2) is 0 Å². The summed E-state index contributed by atoms with van der Waals surface area (Å²) in [4.78, 5) is 14.5. The molecule has 0 bridgehead atoms.